The molecule has 1 aliphatic rings. The number of carbonyl (C=O) groups excluding carboxylic acids is 1. The molecule has 0 unspecified atom stereocenters. The number of amides is 1. The Morgan fingerprint density at radius 2 is 2.11 bits per heavy atom. The van der Waals surface area contributed by atoms with Crippen molar-refractivity contribution < 1.29 is 9.53 Å². The quantitative estimate of drug-likeness (QED) is 0.899. The molecule has 4 heteroatoms. The molecule has 0 aromatic heterocycles. The maximum absolute atomic E-state index is 12.3. The van der Waals surface area contributed by atoms with Gasteiger partial charge in [0.1, 0.15) is 5.75 Å². The molecule has 104 valence electrons. The van der Waals surface area contributed by atoms with Gasteiger partial charge in [-0.2, -0.15) is 0 Å². The van der Waals surface area contributed by atoms with Crippen molar-refractivity contribution in [3.05, 3.63) is 29.8 Å². The number of hydrogen-bond acceptors (Lipinski definition) is 3. The fraction of sp³-hybridized carbons (Fsp3) is 0.533. The zero-order valence-corrected chi connectivity index (χ0v) is 11.7. The second-order valence-corrected chi connectivity index (χ2v) is 5.04. The molecule has 0 bridgehead atoms. The lowest BCUT2D eigenvalue weighted by Gasteiger charge is -2.27. The first kappa shape index (κ1) is 13.9. The summed E-state index contributed by atoms with van der Waals surface area (Å²) in [5, 5.41) is 3.29. The van der Waals surface area contributed by atoms with Crippen molar-refractivity contribution in [2.24, 2.45) is 0 Å². The molecule has 0 saturated carbocycles. The Hall–Kier alpha value is -1.55. The number of piperidine rings is 1. The Labute approximate surface area is 114 Å². The Bertz CT molecular complexity index is 411. The van der Waals surface area contributed by atoms with Gasteiger partial charge in [-0.1, -0.05) is 18.6 Å². The van der Waals surface area contributed by atoms with Gasteiger partial charge in [0.15, 0.2) is 0 Å². The first-order valence-electron chi connectivity index (χ1n) is 6.82. The average Bonchev–Trinajstić information content (AvgIpc) is 2.48. The molecule has 0 radical (unpaired) electrons. The smallest absolute Gasteiger partial charge is 0.239 e. The van der Waals surface area contributed by atoms with Crippen LogP contribution in [0.4, 0.5) is 0 Å². The molecular formula is C15H22N2O2. The average molecular weight is 262 g/mol. The Balaban J connectivity index is 1.91. The third-order valence-corrected chi connectivity index (χ3v) is 3.56. The van der Waals surface area contributed by atoms with Crippen molar-refractivity contribution in [3.63, 3.8) is 0 Å². The third-order valence-electron chi connectivity index (χ3n) is 3.56. The van der Waals surface area contributed by atoms with Crippen molar-refractivity contribution in [1.29, 1.82) is 0 Å². The summed E-state index contributed by atoms with van der Waals surface area (Å²) < 4.78 is 5.13. The molecule has 1 aliphatic heterocycles. The van der Waals surface area contributed by atoms with Crippen LogP contribution in [0.1, 0.15) is 24.8 Å². The van der Waals surface area contributed by atoms with Crippen LogP contribution in [0.15, 0.2) is 24.3 Å². The van der Waals surface area contributed by atoms with E-state index >= 15 is 0 Å². The van der Waals surface area contributed by atoms with Gasteiger partial charge in [-0.15, -0.1) is 0 Å². The predicted molar refractivity (Wildman–Crippen MR) is 75.1 cm³/mol. The minimum Gasteiger partial charge on any atom is -0.497 e. The van der Waals surface area contributed by atoms with E-state index < -0.39 is 0 Å². The molecule has 0 aliphatic carbocycles. The van der Waals surface area contributed by atoms with Crippen molar-refractivity contribution in [2.45, 2.75) is 31.8 Å². The van der Waals surface area contributed by atoms with Crippen LogP contribution < -0.4 is 10.1 Å². The molecule has 4 nitrogen and oxygen atoms in total. The van der Waals surface area contributed by atoms with E-state index in [9.17, 15) is 4.79 Å². The lowest BCUT2D eigenvalue weighted by Crippen LogP contribution is -2.46. The van der Waals surface area contributed by atoms with Crippen LogP contribution in [0, 0.1) is 0 Å². The molecule has 2 rings (SSSR count). The van der Waals surface area contributed by atoms with Crippen LogP contribution in [0.3, 0.4) is 0 Å². The molecule has 1 fully saturated rings. The van der Waals surface area contributed by atoms with Crippen LogP contribution in [0.5, 0.6) is 5.75 Å². The van der Waals surface area contributed by atoms with Crippen molar-refractivity contribution in [1.82, 2.24) is 10.2 Å². The van der Waals surface area contributed by atoms with Gasteiger partial charge in [0.2, 0.25) is 5.91 Å². The van der Waals surface area contributed by atoms with Crippen molar-refractivity contribution in [3.8, 4) is 5.75 Å². The van der Waals surface area contributed by atoms with Crippen LogP contribution >= 0.6 is 0 Å². The number of nitrogens with one attached hydrogen (secondary N) is 1. The van der Waals surface area contributed by atoms with E-state index in [1.165, 1.54) is 6.42 Å². The maximum Gasteiger partial charge on any atom is 0.239 e. The molecular weight excluding hydrogens is 240 g/mol. The van der Waals surface area contributed by atoms with E-state index in [-0.39, 0.29) is 11.9 Å². The topological polar surface area (TPSA) is 41.6 Å². The van der Waals surface area contributed by atoms with E-state index in [0.29, 0.717) is 6.54 Å². The van der Waals surface area contributed by atoms with Crippen molar-refractivity contribution in [2.75, 3.05) is 20.7 Å². The first-order chi connectivity index (χ1) is 9.20. The first-order valence-corrected chi connectivity index (χ1v) is 6.82. The fourth-order valence-corrected chi connectivity index (χ4v) is 2.41. The molecule has 0 spiro atoms. The summed E-state index contributed by atoms with van der Waals surface area (Å²) in [5.41, 5.74) is 1.12. The van der Waals surface area contributed by atoms with Gasteiger partial charge >= 0.3 is 0 Å². The molecule has 1 aromatic carbocycles. The number of methoxy groups -OCH3 is 1. The number of likely N-dealkylation sites (N-methyl/N-ethyl adjacent to an activating group) is 1. The monoisotopic (exact) mass is 262 g/mol. The number of hydrogen-bond donors (Lipinski definition) is 1. The van der Waals surface area contributed by atoms with Crippen LogP contribution in [-0.4, -0.2) is 37.6 Å². The zero-order chi connectivity index (χ0) is 13.7. The molecule has 1 heterocycles. The second-order valence-electron chi connectivity index (χ2n) is 5.04. The number of rotatable bonds is 4. The van der Waals surface area contributed by atoms with Crippen molar-refractivity contribution >= 4 is 5.91 Å². The lowest BCUT2D eigenvalue weighted by molar-refractivity contribution is -0.133. The molecule has 1 aromatic rings. The van der Waals surface area contributed by atoms with E-state index in [2.05, 4.69) is 5.32 Å². The van der Waals surface area contributed by atoms with E-state index in [4.69, 9.17) is 4.74 Å². The van der Waals surface area contributed by atoms with Gasteiger partial charge in [-0.25, -0.2) is 0 Å². The summed E-state index contributed by atoms with van der Waals surface area (Å²) in [6, 6.07) is 7.84. The fourth-order valence-electron chi connectivity index (χ4n) is 2.41. The van der Waals surface area contributed by atoms with E-state index in [1.807, 2.05) is 31.3 Å². The molecule has 1 amide bonds. The summed E-state index contributed by atoms with van der Waals surface area (Å²) in [6.07, 6.45) is 3.26. The SMILES string of the molecule is COc1ccc(CN(C)C(=O)[C@H]2CCCCN2)cc1. The number of carbonyl (C=O) groups is 1. The van der Waals surface area contributed by atoms with Crippen LogP contribution in [0.2, 0.25) is 0 Å². The lowest BCUT2D eigenvalue weighted by atomic mass is 10.0. The summed E-state index contributed by atoms with van der Waals surface area (Å²) in [5.74, 6) is 1.03. The normalized spacial score (nSPS) is 18.9. The molecule has 1 N–H and O–H groups in total. The van der Waals surface area contributed by atoms with E-state index in [0.717, 1.165) is 30.7 Å². The van der Waals surface area contributed by atoms with Gasteiger partial charge < -0.3 is 15.0 Å². The summed E-state index contributed by atoms with van der Waals surface area (Å²) in [6.45, 7) is 1.59. The number of benzene rings is 1. The van der Waals surface area contributed by atoms with Gasteiger partial charge in [-0.05, 0) is 37.1 Å². The Kier molecular flexibility index (Phi) is 4.80. The minimum absolute atomic E-state index is 0.00278. The van der Waals surface area contributed by atoms with Gasteiger partial charge in [0.05, 0.1) is 13.2 Å². The Morgan fingerprint density at radius 3 is 2.68 bits per heavy atom. The third kappa shape index (κ3) is 3.70. The Morgan fingerprint density at radius 1 is 1.37 bits per heavy atom. The standard InChI is InChI=1S/C15H22N2O2/c1-17(15(18)14-5-3-4-10-16-14)11-12-6-8-13(19-2)9-7-12/h6-9,14,16H,3-5,10-11H2,1-2H3/t14-/m1/s1. The summed E-state index contributed by atoms with van der Waals surface area (Å²) in [4.78, 5) is 14.1. The van der Waals surface area contributed by atoms with Gasteiger partial charge in [0, 0.05) is 13.6 Å². The highest BCUT2D eigenvalue weighted by Crippen LogP contribution is 2.14. The number of nitrogens with zero attached hydrogens (tertiary/aromatic N) is 1. The minimum atomic E-state index is -0.00278. The molecule has 19 heavy (non-hydrogen) atoms. The largest absolute Gasteiger partial charge is 0.497 e. The van der Waals surface area contributed by atoms with Crippen LogP contribution in [0.25, 0.3) is 0 Å². The predicted octanol–water partition coefficient (Wildman–Crippen LogP) is 1.80. The molecule has 1 atom stereocenters. The molecule has 1 saturated heterocycles. The van der Waals surface area contributed by atoms with Crippen LogP contribution in [-0.2, 0) is 11.3 Å². The maximum atomic E-state index is 12.3. The van der Waals surface area contributed by atoms with Gasteiger partial charge in [-0.3, -0.25) is 4.79 Å². The number of ether oxygens (including phenoxy) is 1. The highest BCUT2D eigenvalue weighted by molar-refractivity contribution is 5.81. The zero-order valence-electron chi connectivity index (χ0n) is 11.7. The van der Waals surface area contributed by atoms with Gasteiger partial charge in [0.25, 0.3) is 0 Å². The second kappa shape index (κ2) is 6.57. The summed E-state index contributed by atoms with van der Waals surface area (Å²) >= 11 is 0. The summed E-state index contributed by atoms with van der Waals surface area (Å²) in [7, 11) is 3.52. The highest BCUT2D eigenvalue weighted by atomic mass is 16.5. The van der Waals surface area contributed by atoms with E-state index in [1.54, 1.807) is 12.0 Å². The highest BCUT2D eigenvalue weighted by Gasteiger charge is 2.23.